The molecule has 0 fully saturated rings. The quantitative estimate of drug-likeness (QED) is 0.319. The van der Waals surface area contributed by atoms with Crippen molar-refractivity contribution in [2.45, 2.75) is 12.6 Å². The van der Waals surface area contributed by atoms with Crippen molar-refractivity contribution in [3.8, 4) is 11.5 Å². The highest BCUT2D eigenvalue weighted by molar-refractivity contribution is 5.95. The standard InChI is InChI=1S/C21H24F2N4O5/c1-26-17(28)10-32-16-6-11(20(24)25)4-5-12(16)9-27-21(29)19(31-3)18-14(22)7-13(30-2)8-15(18)23/h4-8,19H,9-10H2,1-3H3,(H3,24,25)(H,26,28)(H,27,29)/t19-/m0/s1. The summed E-state index contributed by atoms with van der Waals surface area (Å²) in [6.07, 6.45) is -1.56. The van der Waals surface area contributed by atoms with E-state index in [2.05, 4.69) is 10.6 Å². The highest BCUT2D eigenvalue weighted by atomic mass is 19.1. The van der Waals surface area contributed by atoms with E-state index in [-0.39, 0.29) is 30.5 Å². The Kier molecular flexibility index (Phi) is 8.47. The largest absolute Gasteiger partial charge is 0.497 e. The van der Waals surface area contributed by atoms with Gasteiger partial charge in [0, 0.05) is 44.0 Å². The summed E-state index contributed by atoms with van der Waals surface area (Å²) in [6.45, 7) is -0.416. The molecule has 32 heavy (non-hydrogen) atoms. The van der Waals surface area contributed by atoms with Crippen molar-refractivity contribution in [2.75, 3.05) is 27.9 Å². The first-order chi connectivity index (χ1) is 15.2. The fourth-order valence-electron chi connectivity index (χ4n) is 2.78. The molecule has 0 saturated heterocycles. The van der Waals surface area contributed by atoms with Gasteiger partial charge in [-0.1, -0.05) is 12.1 Å². The van der Waals surface area contributed by atoms with Gasteiger partial charge in [-0.25, -0.2) is 8.78 Å². The van der Waals surface area contributed by atoms with E-state index in [0.29, 0.717) is 11.1 Å². The first kappa shape index (κ1) is 24.5. The Hall–Kier alpha value is -3.73. The van der Waals surface area contributed by atoms with E-state index >= 15 is 0 Å². The number of nitrogens with one attached hydrogen (secondary N) is 3. The van der Waals surface area contributed by atoms with E-state index in [9.17, 15) is 18.4 Å². The minimum absolute atomic E-state index is 0.0394. The second-order valence-corrected chi connectivity index (χ2v) is 6.54. The molecule has 0 bridgehead atoms. The number of nitrogen functional groups attached to an aromatic ring is 1. The molecule has 0 radical (unpaired) electrons. The molecule has 172 valence electrons. The number of hydrogen-bond acceptors (Lipinski definition) is 6. The lowest BCUT2D eigenvalue weighted by Gasteiger charge is -2.19. The Morgan fingerprint density at radius 2 is 1.81 bits per heavy atom. The highest BCUT2D eigenvalue weighted by Gasteiger charge is 2.28. The number of methoxy groups -OCH3 is 2. The van der Waals surface area contributed by atoms with Crippen molar-refractivity contribution in [3.63, 3.8) is 0 Å². The molecule has 0 aliphatic heterocycles. The summed E-state index contributed by atoms with van der Waals surface area (Å²) in [7, 11) is 3.85. The monoisotopic (exact) mass is 450 g/mol. The molecule has 11 heteroatoms. The molecule has 0 aromatic heterocycles. The second-order valence-electron chi connectivity index (χ2n) is 6.54. The molecule has 0 heterocycles. The van der Waals surface area contributed by atoms with Crippen LogP contribution in [-0.2, 0) is 20.9 Å². The van der Waals surface area contributed by atoms with Crippen LogP contribution in [0.1, 0.15) is 22.8 Å². The zero-order valence-corrected chi connectivity index (χ0v) is 17.8. The predicted molar refractivity (Wildman–Crippen MR) is 112 cm³/mol. The zero-order chi connectivity index (χ0) is 23.8. The lowest BCUT2D eigenvalue weighted by molar-refractivity contribution is -0.132. The van der Waals surface area contributed by atoms with Crippen molar-refractivity contribution in [1.29, 1.82) is 5.41 Å². The van der Waals surface area contributed by atoms with Crippen LogP contribution in [0.3, 0.4) is 0 Å². The first-order valence-electron chi connectivity index (χ1n) is 9.35. The summed E-state index contributed by atoms with van der Waals surface area (Å²) in [4.78, 5) is 24.2. The molecular weight excluding hydrogens is 426 g/mol. The smallest absolute Gasteiger partial charge is 0.257 e. The normalized spacial score (nSPS) is 11.4. The third-order valence-electron chi connectivity index (χ3n) is 4.49. The maximum absolute atomic E-state index is 14.4. The summed E-state index contributed by atoms with van der Waals surface area (Å²) in [6, 6.07) is 6.43. The average molecular weight is 450 g/mol. The lowest BCUT2D eigenvalue weighted by Crippen LogP contribution is -2.31. The summed E-state index contributed by atoms with van der Waals surface area (Å²) in [5.41, 5.74) is 5.72. The number of ether oxygens (including phenoxy) is 3. The van der Waals surface area contributed by atoms with Gasteiger partial charge in [-0.15, -0.1) is 0 Å². The van der Waals surface area contributed by atoms with Crippen LogP contribution < -0.4 is 25.8 Å². The van der Waals surface area contributed by atoms with E-state index in [1.165, 1.54) is 26.3 Å². The maximum atomic E-state index is 14.4. The molecule has 0 saturated carbocycles. The van der Waals surface area contributed by atoms with Crippen molar-refractivity contribution >= 4 is 17.6 Å². The van der Waals surface area contributed by atoms with Crippen LogP contribution in [-0.4, -0.2) is 45.5 Å². The summed E-state index contributed by atoms with van der Waals surface area (Å²) in [5.74, 6) is -3.23. The van der Waals surface area contributed by atoms with E-state index < -0.39 is 35.1 Å². The van der Waals surface area contributed by atoms with Gasteiger partial charge in [0.25, 0.3) is 11.8 Å². The molecule has 2 amide bonds. The number of likely N-dealkylation sites (N-methyl/N-ethyl adjacent to an activating group) is 1. The molecular formula is C21H24F2N4O5. The fraction of sp³-hybridized carbons (Fsp3) is 0.286. The number of halogens is 2. The van der Waals surface area contributed by atoms with E-state index in [1.54, 1.807) is 6.07 Å². The molecule has 0 unspecified atom stereocenters. The summed E-state index contributed by atoms with van der Waals surface area (Å²) < 4.78 is 44.1. The van der Waals surface area contributed by atoms with Crippen LogP contribution in [0.5, 0.6) is 11.5 Å². The van der Waals surface area contributed by atoms with Gasteiger partial charge in [0.15, 0.2) is 12.7 Å². The molecule has 2 rings (SSSR count). The molecule has 0 spiro atoms. The van der Waals surface area contributed by atoms with Crippen molar-refractivity contribution in [1.82, 2.24) is 10.6 Å². The summed E-state index contributed by atoms with van der Waals surface area (Å²) >= 11 is 0. The zero-order valence-electron chi connectivity index (χ0n) is 17.8. The highest BCUT2D eigenvalue weighted by Crippen LogP contribution is 2.28. The molecule has 2 aromatic rings. The van der Waals surface area contributed by atoms with Gasteiger partial charge < -0.3 is 30.6 Å². The number of rotatable bonds is 10. The van der Waals surface area contributed by atoms with Gasteiger partial charge in [-0.05, 0) is 6.07 Å². The molecule has 0 aliphatic rings. The molecule has 9 nitrogen and oxygen atoms in total. The van der Waals surface area contributed by atoms with E-state index in [0.717, 1.165) is 19.2 Å². The second kappa shape index (κ2) is 11.0. The van der Waals surface area contributed by atoms with Gasteiger partial charge in [-0.2, -0.15) is 0 Å². The molecule has 1 atom stereocenters. The predicted octanol–water partition coefficient (Wildman–Crippen LogP) is 1.39. The molecule has 2 aromatic carbocycles. The number of amides is 2. The van der Waals surface area contributed by atoms with Crippen molar-refractivity contribution in [3.05, 3.63) is 58.7 Å². The van der Waals surface area contributed by atoms with E-state index in [4.69, 9.17) is 25.4 Å². The Morgan fingerprint density at radius 1 is 1.16 bits per heavy atom. The number of carbonyl (C=O) groups is 2. The Morgan fingerprint density at radius 3 is 2.34 bits per heavy atom. The molecule has 5 N–H and O–H groups in total. The molecule has 0 aliphatic carbocycles. The SMILES string of the molecule is CNC(=O)COc1cc(C(=N)N)ccc1CNC(=O)[C@@H](OC)c1c(F)cc(OC)cc1F. The van der Waals surface area contributed by atoms with Gasteiger partial charge in [0.05, 0.1) is 12.7 Å². The minimum Gasteiger partial charge on any atom is -0.497 e. The summed E-state index contributed by atoms with van der Waals surface area (Å²) in [5, 5.41) is 12.5. The van der Waals surface area contributed by atoms with Gasteiger partial charge in [0.1, 0.15) is 29.0 Å². The van der Waals surface area contributed by atoms with Crippen LogP contribution in [0.15, 0.2) is 30.3 Å². The van der Waals surface area contributed by atoms with Gasteiger partial charge in [-0.3, -0.25) is 15.0 Å². The van der Waals surface area contributed by atoms with Crippen molar-refractivity contribution < 1.29 is 32.6 Å². The van der Waals surface area contributed by atoms with Gasteiger partial charge in [0.2, 0.25) is 0 Å². The van der Waals surface area contributed by atoms with Gasteiger partial charge >= 0.3 is 0 Å². The average Bonchev–Trinajstić information content (AvgIpc) is 2.77. The number of hydrogen-bond donors (Lipinski definition) is 4. The van der Waals surface area contributed by atoms with Crippen LogP contribution >= 0.6 is 0 Å². The van der Waals surface area contributed by atoms with Crippen LogP contribution in [0.25, 0.3) is 0 Å². The Balaban J connectivity index is 2.23. The van der Waals surface area contributed by atoms with Crippen molar-refractivity contribution in [2.24, 2.45) is 5.73 Å². The fourth-order valence-corrected chi connectivity index (χ4v) is 2.78. The van der Waals surface area contributed by atoms with E-state index in [1.807, 2.05) is 0 Å². The first-order valence-corrected chi connectivity index (χ1v) is 9.35. The van der Waals surface area contributed by atoms with Crippen LogP contribution in [0.2, 0.25) is 0 Å². The maximum Gasteiger partial charge on any atom is 0.257 e. The lowest BCUT2D eigenvalue weighted by atomic mass is 10.1. The van der Waals surface area contributed by atoms with Crippen LogP contribution in [0.4, 0.5) is 8.78 Å². The topological polar surface area (TPSA) is 136 Å². The Labute approximate surface area is 183 Å². The minimum atomic E-state index is -1.56. The third kappa shape index (κ3) is 5.91. The third-order valence-corrected chi connectivity index (χ3v) is 4.49. The van der Waals surface area contributed by atoms with Crippen LogP contribution in [0, 0.1) is 17.0 Å². The number of amidine groups is 1. The number of benzene rings is 2. The number of nitrogens with two attached hydrogens (primary N) is 1. The Bertz CT molecular complexity index is 993. The number of carbonyl (C=O) groups excluding carboxylic acids is 2.